The molecule has 1 aromatic carbocycles. The normalized spacial score (nSPS) is 35.7. The van der Waals surface area contributed by atoms with Gasteiger partial charge in [-0.25, -0.2) is 0 Å². The lowest BCUT2D eigenvalue weighted by molar-refractivity contribution is -0.130. The summed E-state index contributed by atoms with van der Waals surface area (Å²) in [4.78, 5) is 12.7. The highest BCUT2D eigenvalue weighted by Crippen LogP contribution is 2.61. The van der Waals surface area contributed by atoms with Crippen molar-refractivity contribution in [3.63, 3.8) is 0 Å². The van der Waals surface area contributed by atoms with Gasteiger partial charge < -0.3 is 5.11 Å². The van der Waals surface area contributed by atoms with Gasteiger partial charge in [-0.15, -0.1) is 11.6 Å². The number of Topliss-reactive ketones (excluding diaryl/α,β-unsaturated/α-hetero) is 1. The van der Waals surface area contributed by atoms with Gasteiger partial charge in [0.1, 0.15) is 11.5 Å². The first-order valence-corrected chi connectivity index (χ1v) is 11.0. The number of benzene rings is 1. The van der Waals surface area contributed by atoms with Gasteiger partial charge in [0.15, 0.2) is 0 Å². The van der Waals surface area contributed by atoms with Crippen LogP contribution in [0.2, 0.25) is 0 Å². The quantitative estimate of drug-likeness (QED) is 0.519. The zero-order chi connectivity index (χ0) is 18.3. The van der Waals surface area contributed by atoms with Gasteiger partial charge in [-0.2, -0.15) is 0 Å². The van der Waals surface area contributed by atoms with Crippen LogP contribution in [-0.2, 0) is 11.2 Å². The summed E-state index contributed by atoms with van der Waals surface area (Å²) < 4.78 is 0. The number of alkyl halides is 1. The standard InChI is InChI=1S/C23H31ClO2/c1-23-11-10-19-18-7-6-17(25)14-16(18)13-15(5-3-2-4-12-24)22(19)20(23)8-9-21(23)26/h6-7,14-15,19-20,22,25H,2-5,8-13H2,1H3/t15-,19-,20+,22-,23+/m1/s1. The van der Waals surface area contributed by atoms with Gasteiger partial charge in [0.2, 0.25) is 0 Å². The molecule has 0 saturated heterocycles. The van der Waals surface area contributed by atoms with Crippen molar-refractivity contribution < 1.29 is 9.90 Å². The molecule has 2 nitrogen and oxygen atoms in total. The number of phenolic OH excluding ortho intramolecular Hbond substituents is 1. The molecule has 142 valence electrons. The Morgan fingerprint density at radius 3 is 2.88 bits per heavy atom. The summed E-state index contributed by atoms with van der Waals surface area (Å²) in [6, 6.07) is 6.00. The molecule has 1 N–H and O–H groups in total. The second kappa shape index (κ2) is 7.19. The van der Waals surface area contributed by atoms with Crippen molar-refractivity contribution in [3.05, 3.63) is 29.3 Å². The molecule has 2 saturated carbocycles. The van der Waals surface area contributed by atoms with Gasteiger partial charge >= 0.3 is 0 Å². The highest BCUT2D eigenvalue weighted by molar-refractivity contribution is 6.17. The molecule has 2 fully saturated rings. The number of ketones is 1. The van der Waals surface area contributed by atoms with Crippen LogP contribution in [0.5, 0.6) is 5.75 Å². The fourth-order valence-electron chi connectivity index (χ4n) is 6.51. The highest BCUT2D eigenvalue weighted by Gasteiger charge is 2.56. The number of hydrogen-bond donors (Lipinski definition) is 1. The Kier molecular flexibility index (Phi) is 5.07. The van der Waals surface area contributed by atoms with Crippen molar-refractivity contribution in [2.45, 2.75) is 70.6 Å². The molecule has 0 bridgehead atoms. The van der Waals surface area contributed by atoms with Crippen molar-refractivity contribution >= 4 is 17.4 Å². The molecule has 0 aromatic heterocycles. The summed E-state index contributed by atoms with van der Waals surface area (Å²) in [5.74, 6) is 4.05. The lowest BCUT2D eigenvalue weighted by atomic mass is 9.52. The third-order valence-electron chi connectivity index (χ3n) is 7.80. The molecule has 1 aromatic rings. The molecule has 0 radical (unpaired) electrons. The molecule has 0 aliphatic heterocycles. The Morgan fingerprint density at radius 2 is 2.08 bits per heavy atom. The van der Waals surface area contributed by atoms with E-state index in [0.29, 0.717) is 35.2 Å². The second-order valence-corrected chi connectivity index (χ2v) is 9.47. The van der Waals surface area contributed by atoms with Crippen LogP contribution in [0.15, 0.2) is 18.2 Å². The van der Waals surface area contributed by atoms with Crippen LogP contribution in [0.3, 0.4) is 0 Å². The van der Waals surface area contributed by atoms with E-state index in [1.807, 2.05) is 12.1 Å². The number of fused-ring (bicyclic) bond motifs is 5. The van der Waals surface area contributed by atoms with E-state index in [0.717, 1.165) is 44.4 Å². The number of aromatic hydroxyl groups is 1. The third kappa shape index (κ3) is 2.99. The van der Waals surface area contributed by atoms with E-state index < -0.39 is 0 Å². The summed E-state index contributed by atoms with van der Waals surface area (Å²) in [5.41, 5.74) is 2.72. The Bertz CT molecular complexity index is 685. The maximum atomic E-state index is 12.7. The summed E-state index contributed by atoms with van der Waals surface area (Å²) in [6.07, 6.45) is 9.85. The van der Waals surface area contributed by atoms with Crippen LogP contribution >= 0.6 is 11.6 Å². The lowest BCUT2D eigenvalue weighted by Gasteiger charge is -2.51. The fourth-order valence-corrected chi connectivity index (χ4v) is 6.70. The highest BCUT2D eigenvalue weighted by atomic mass is 35.5. The summed E-state index contributed by atoms with van der Waals surface area (Å²) in [7, 11) is 0. The minimum absolute atomic E-state index is 0.0794. The van der Waals surface area contributed by atoms with Crippen molar-refractivity contribution in [1.29, 1.82) is 0 Å². The van der Waals surface area contributed by atoms with E-state index in [9.17, 15) is 9.90 Å². The summed E-state index contributed by atoms with van der Waals surface area (Å²) >= 11 is 5.86. The van der Waals surface area contributed by atoms with Gasteiger partial charge in [-0.05, 0) is 85.5 Å². The molecule has 0 spiro atoms. The molecule has 3 aliphatic rings. The smallest absolute Gasteiger partial charge is 0.139 e. The number of carbonyl (C=O) groups excluding carboxylic acids is 1. The number of unbranched alkanes of at least 4 members (excludes halogenated alkanes) is 2. The Morgan fingerprint density at radius 1 is 1.23 bits per heavy atom. The van der Waals surface area contributed by atoms with Crippen LogP contribution in [0.25, 0.3) is 0 Å². The SMILES string of the molecule is C[C@]12CC[C@@H]3c4ccc(O)cc4C[C@@H](CCCCCCl)[C@H]3[C@@H]1CCC2=O. The van der Waals surface area contributed by atoms with Crippen molar-refractivity contribution in [2.24, 2.45) is 23.2 Å². The van der Waals surface area contributed by atoms with E-state index in [4.69, 9.17) is 11.6 Å². The Hall–Kier alpha value is -1.02. The molecule has 0 amide bonds. The minimum Gasteiger partial charge on any atom is -0.508 e. The van der Waals surface area contributed by atoms with Gasteiger partial charge in [-0.1, -0.05) is 25.8 Å². The van der Waals surface area contributed by atoms with Crippen molar-refractivity contribution in [2.75, 3.05) is 5.88 Å². The maximum Gasteiger partial charge on any atom is 0.139 e. The molecule has 0 heterocycles. The van der Waals surface area contributed by atoms with E-state index in [1.54, 1.807) is 0 Å². The average molecular weight is 375 g/mol. The Labute approximate surface area is 162 Å². The molecular weight excluding hydrogens is 344 g/mol. The van der Waals surface area contributed by atoms with E-state index in [-0.39, 0.29) is 5.41 Å². The maximum absolute atomic E-state index is 12.7. The van der Waals surface area contributed by atoms with Gasteiger partial charge in [-0.3, -0.25) is 4.79 Å². The van der Waals surface area contributed by atoms with E-state index in [2.05, 4.69) is 13.0 Å². The molecule has 26 heavy (non-hydrogen) atoms. The van der Waals surface area contributed by atoms with Crippen LogP contribution in [0.4, 0.5) is 0 Å². The van der Waals surface area contributed by atoms with Gasteiger partial charge in [0.05, 0.1) is 0 Å². The minimum atomic E-state index is -0.0794. The first-order chi connectivity index (χ1) is 12.5. The van der Waals surface area contributed by atoms with Crippen LogP contribution < -0.4 is 0 Å². The van der Waals surface area contributed by atoms with Crippen LogP contribution in [-0.4, -0.2) is 16.8 Å². The molecule has 3 heteroatoms. The monoisotopic (exact) mass is 374 g/mol. The summed E-state index contributed by atoms with van der Waals surface area (Å²) in [6.45, 7) is 2.25. The Balaban J connectivity index is 1.65. The molecule has 5 atom stereocenters. The van der Waals surface area contributed by atoms with Crippen molar-refractivity contribution in [3.8, 4) is 5.75 Å². The molecule has 4 rings (SSSR count). The lowest BCUT2D eigenvalue weighted by Crippen LogP contribution is -2.46. The molecule has 3 aliphatic carbocycles. The first kappa shape index (κ1) is 18.3. The molecular formula is C23H31ClO2. The number of rotatable bonds is 5. The third-order valence-corrected chi connectivity index (χ3v) is 8.07. The zero-order valence-corrected chi connectivity index (χ0v) is 16.6. The predicted octanol–water partition coefficient (Wildman–Crippen LogP) is 5.84. The van der Waals surface area contributed by atoms with Crippen molar-refractivity contribution in [1.82, 2.24) is 0 Å². The number of carbonyl (C=O) groups is 1. The van der Waals surface area contributed by atoms with E-state index >= 15 is 0 Å². The predicted molar refractivity (Wildman–Crippen MR) is 106 cm³/mol. The van der Waals surface area contributed by atoms with E-state index in [1.165, 1.54) is 30.4 Å². The summed E-state index contributed by atoms with van der Waals surface area (Å²) in [5, 5.41) is 9.98. The molecule has 0 unspecified atom stereocenters. The fraction of sp³-hybridized carbons (Fsp3) is 0.696. The average Bonchev–Trinajstić information content (AvgIpc) is 2.93. The first-order valence-electron chi connectivity index (χ1n) is 10.5. The second-order valence-electron chi connectivity index (χ2n) is 9.09. The van der Waals surface area contributed by atoms with Gasteiger partial charge in [0.25, 0.3) is 0 Å². The van der Waals surface area contributed by atoms with Crippen LogP contribution in [0, 0.1) is 23.2 Å². The largest absolute Gasteiger partial charge is 0.508 e. The van der Waals surface area contributed by atoms with Crippen LogP contribution in [0.1, 0.15) is 75.3 Å². The zero-order valence-electron chi connectivity index (χ0n) is 15.8. The number of phenols is 1. The van der Waals surface area contributed by atoms with Gasteiger partial charge in [0, 0.05) is 17.7 Å². The number of halogens is 1. The number of hydrogen-bond acceptors (Lipinski definition) is 2. The topological polar surface area (TPSA) is 37.3 Å².